The average Bonchev–Trinajstić information content (AvgIpc) is 2.99. The van der Waals surface area contributed by atoms with Crippen LogP contribution in [0.3, 0.4) is 0 Å². The SMILES string of the molecule is C=Cc1ccc(S(=O)(=O)O[C@H]2CS(=O)(=O)C[C@@H]2OS(=O)(=O)c2ccc(C=C)cc2)cc1. The van der Waals surface area contributed by atoms with Crippen LogP contribution in [0.1, 0.15) is 11.1 Å². The quantitative estimate of drug-likeness (QED) is 0.523. The molecule has 3 rings (SSSR count). The van der Waals surface area contributed by atoms with Gasteiger partial charge in [0.1, 0.15) is 12.2 Å². The first kappa shape index (κ1) is 23.4. The van der Waals surface area contributed by atoms with Gasteiger partial charge in [0.2, 0.25) is 0 Å². The molecule has 1 saturated heterocycles. The maximum Gasteiger partial charge on any atom is 0.297 e. The van der Waals surface area contributed by atoms with Crippen molar-refractivity contribution in [2.75, 3.05) is 11.5 Å². The van der Waals surface area contributed by atoms with E-state index in [1.807, 2.05) is 0 Å². The first-order chi connectivity index (χ1) is 14.5. The number of sulfone groups is 1. The highest BCUT2D eigenvalue weighted by Crippen LogP contribution is 2.27. The Morgan fingerprint density at radius 3 is 1.32 bits per heavy atom. The van der Waals surface area contributed by atoms with Crippen molar-refractivity contribution in [1.29, 1.82) is 0 Å². The molecule has 0 unspecified atom stereocenters. The van der Waals surface area contributed by atoms with E-state index in [0.29, 0.717) is 11.1 Å². The van der Waals surface area contributed by atoms with E-state index in [4.69, 9.17) is 8.37 Å². The predicted molar refractivity (Wildman–Crippen MR) is 116 cm³/mol. The molecule has 0 aromatic heterocycles. The molecule has 0 aliphatic carbocycles. The second-order valence-corrected chi connectivity index (χ2v) is 12.1. The lowest BCUT2D eigenvalue weighted by Crippen LogP contribution is -2.34. The second-order valence-electron chi connectivity index (χ2n) is 6.80. The highest BCUT2D eigenvalue weighted by molar-refractivity contribution is 7.92. The lowest BCUT2D eigenvalue weighted by atomic mass is 10.2. The van der Waals surface area contributed by atoms with Gasteiger partial charge in [-0.15, -0.1) is 0 Å². The fraction of sp³-hybridized carbons (Fsp3) is 0.200. The third-order valence-corrected chi connectivity index (χ3v) is 8.93. The largest absolute Gasteiger partial charge is 0.297 e. The van der Waals surface area contributed by atoms with Crippen LogP contribution >= 0.6 is 0 Å². The van der Waals surface area contributed by atoms with E-state index in [0.717, 1.165) is 0 Å². The molecule has 0 spiro atoms. The van der Waals surface area contributed by atoms with Crippen molar-refractivity contribution < 1.29 is 33.6 Å². The van der Waals surface area contributed by atoms with Crippen LogP contribution in [0.15, 0.2) is 71.5 Å². The second kappa shape index (κ2) is 8.67. The first-order valence-corrected chi connectivity index (χ1v) is 13.6. The van der Waals surface area contributed by atoms with Crippen LogP contribution in [0, 0.1) is 0 Å². The van der Waals surface area contributed by atoms with E-state index in [-0.39, 0.29) is 9.79 Å². The number of benzene rings is 2. The summed E-state index contributed by atoms with van der Waals surface area (Å²) in [6.07, 6.45) is 0.0152. The molecule has 166 valence electrons. The third-order valence-electron chi connectivity index (χ3n) is 4.56. The van der Waals surface area contributed by atoms with E-state index in [1.54, 1.807) is 0 Å². The van der Waals surface area contributed by atoms with Gasteiger partial charge in [-0.1, -0.05) is 49.6 Å². The molecule has 0 bridgehead atoms. The molecule has 8 nitrogen and oxygen atoms in total. The number of hydrogen-bond donors (Lipinski definition) is 0. The molecule has 0 radical (unpaired) electrons. The van der Waals surface area contributed by atoms with E-state index in [1.165, 1.54) is 60.7 Å². The van der Waals surface area contributed by atoms with E-state index >= 15 is 0 Å². The summed E-state index contributed by atoms with van der Waals surface area (Å²) in [6.45, 7) is 7.15. The summed E-state index contributed by atoms with van der Waals surface area (Å²) in [5.74, 6) is -1.38. The minimum absolute atomic E-state index is 0.205. The average molecular weight is 485 g/mol. The number of rotatable bonds is 8. The standard InChI is InChI=1S/C20H20O8S3/c1-3-15-5-9-17(10-6-15)30(23,24)27-19-13-29(21,22)14-20(19)28-31(25,26)18-11-7-16(4-2)8-12-18/h3-12,19-20H,1-2,13-14H2/t19-,20-/m0/s1. The van der Waals surface area contributed by atoms with Crippen molar-refractivity contribution in [3.05, 3.63) is 72.8 Å². The molecule has 2 aromatic carbocycles. The van der Waals surface area contributed by atoms with Crippen LogP contribution in [-0.2, 0) is 38.4 Å². The molecule has 1 aliphatic rings. The Morgan fingerprint density at radius 1 is 0.710 bits per heavy atom. The maximum absolute atomic E-state index is 12.6. The first-order valence-electron chi connectivity index (χ1n) is 8.98. The minimum Gasteiger partial charge on any atom is -0.259 e. The normalized spacial score (nSPS) is 20.9. The minimum atomic E-state index is -4.37. The molecular weight excluding hydrogens is 464 g/mol. The summed E-state index contributed by atoms with van der Waals surface area (Å²) >= 11 is 0. The molecule has 2 atom stereocenters. The lowest BCUT2D eigenvalue weighted by Gasteiger charge is -2.18. The zero-order chi connectivity index (χ0) is 22.9. The van der Waals surface area contributed by atoms with Gasteiger partial charge in [0.25, 0.3) is 20.2 Å². The fourth-order valence-corrected chi connectivity index (χ4v) is 7.01. The van der Waals surface area contributed by atoms with Crippen LogP contribution in [0.25, 0.3) is 12.2 Å². The van der Waals surface area contributed by atoms with E-state index < -0.39 is 53.8 Å². The van der Waals surface area contributed by atoms with Crippen LogP contribution in [0.5, 0.6) is 0 Å². The van der Waals surface area contributed by atoms with Crippen molar-refractivity contribution in [2.24, 2.45) is 0 Å². The Morgan fingerprint density at radius 2 is 1.03 bits per heavy atom. The Bertz CT molecular complexity index is 1190. The van der Waals surface area contributed by atoms with E-state index in [2.05, 4.69) is 13.2 Å². The van der Waals surface area contributed by atoms with Crippen molar-refractivity contribution in [3.8, 4) is 0 Å². The topological polar surface area (TPSA) is 121 Å². The van der Waals surface area contributed by atoms with Gasteiger partial charge in [-0.05, 0) is 35.4 Å². The monoisotopic (exact) mass is 484 g/mol. The molecule has 1 fully saturated rings. The van der Waals surface area contributed by atoms with Crippen LogP contribution in [-0.4, -0.2) is 49.0 Å². The fourth-order valence-electron chi connectivity index (χ4n) is 2.94. The molecule has 0 N–H and O–H groups in total. The van der Waals surface area contributed by atoms with Gasteiger partial charge >= 0.3 is 0 Å². The zero-order valence-electron chi connectivity index (χ0n) is 16.2. The molecule has 1 heterocycles. The Balaban J connectivity index is 1.85. The Kier molecular flexibility index (Phi) is 6.53. The van der Waals surface area contributed by atoms with Gasteiger partial charge in [0.05, 0.1) is 21.3 Å². The van der Waals surface area contributed by atoms with E-state index in [9.17, 15) is 25.3 Å². The highest BCUT2D eigenvalue weighted by Gasteiger charge is 2.44. The van der Waals surface area contributed by atoms with Gasteiger partial charge in [-0.2, -0.15) is 16.8 Å². The van der Waals surface area contributed by atoms with Crippen molar-refractivity contribution in [1.82, 2.24) is 0 Å². The van der Waals surface area contributed by atoms with Gasteiger partial charge in [-0.25, -0.2) is 8.42 Å². The molecule has 11 heteroatoms. The van der Waals surface area contributed by atoms with Gasteiger partial charge in [-0.3, -0.25) is 8.37 Å². The van der Waals surface area contributed by atoms with Gasteiger partial charge in [0.15, 0.2) is 9.84 Å². The maximum atomic E-state index is 12.6. The van der Waals surface area contributed by atoms with Crippen molar-refractivity contribution in [2.45, 2.75) is 22.0 Å². The lowest BCUT2D eigenvalue weighted by molar-refractivity contribution is 0.101. The molecule has 31 heavy (non-hydrogen) atoms. The molecule has 0 saturated carbocycles. The molecular formula is C20H20O8S3. The van der Waals surface area contributed by atoms with Crippen LogP contribution in [0.4, 0.5) is 0 Å². The summed E-state index contributed by atoms with van der Waals surface area (Å²) in [5.41, 5.74) is 1.36. The van der Waals surface area contributed by atoms with Crippen molar-refractivity contribution in [3.63, 3.8) is 0 Å². The highest BCUT2D eigenvalue weighted by atomic mass is 32.2. The summed E-state index contributed by atoms with van der Waals surface area (Å²) in [5, 5.41) is 0. The Labute approximate surface area is 182 Å². The Hall–Kier alpha value is -2.31. The predicted octanol–water partition coefficient (Wildman–Crippen LogP) is 2.25. The van der Waals surface area contributed by atoms with Crippen molar-refractivity contribution >= 4 is 42.2 Å². The van der Waals surface area contributed by atoms with Gasteiger partial charge in [0, 0.05) is 0 Å². The summed E-state index contributed by atoms with van der Waals surface area (Å²) in [7, 11) is -12.5. The molecule has 2 aromatic rings. The summed E-state index contributed by atoms with van der Waals surface area (Å²) in [6, 6.07) is 11.1. The van der Waals surface area contributed by atoms with Crippen LogP contribution in [0.2, 0.25) is 0 Å². The zero-order valence-corrected chi connectivity index (χ0v) is 18.7. The number of hydrogen-bond acceptors (Lipinski definition) is 8. The molecule has 1 aliphatic heterocycles. The smallest absolute Gasteiger partial charge is 0.259 e. The summed E-state index contributed by atoms with van der Waals surface area (Å²) < 4.78 is 84.7. The third kappa shape index (κ3) is 5.49. The summed E-state index contributed by atoms with van der Waals surface area (Å²) in [4.78, 5) is -0.409. The molecule has 0 amide bonds. The van der Waals surface area contributed by atoms with Gasteiger partial charge < -0.3 is 0 Å². The van der Waals surface area contributed by atoms with Crippen LogP contribution < -0.4 is 0 Å².